The molecule has 0 amide bonds. The summed E-state index contributed by atoms with van der Waals surface area (Å²) in [5, 5.41) is 8.25. The first kappa shape index (κ1) is 10.8. The molecule has 74 valence electrons. The fourth-order valence-electron chi connectivity index (χ4n) is 1.37. The Morgan fingerprint density at radius 1 is 1.54 bits per heavy atom. The normalized spacial score (nSPS) is 19.1. The minimum absolute atomic E-state index is 0.360. The van der Waals surface area contributed by atoms with Crippen LogP contribution in [0.15, 0.2) is 0 Å². The van der Waals surface area contributed by atoms with Crippen molar-refractivity contribution < 1.29 is 0 Å². The van der Waals surface area contributed by atoms with Gasteiger partial charge in [-0.2, -0.15) is 5.26 Å². The van der Waals surface area contributed by atoms with Crippen molar-refractivity contribution in [2.24, 2.45) is 5.92 Å². The first-order valence-corrected chi connectivity index (χ1v) is 5.35. The SMILES string of the molecule is CC(C)N(CC(Cl)C#N)CC1CC1. The summed E-state index contributed by atoms with van der Waals surface area (Å²) in [5.74, 6) is 0.866. The fourth-order valence-corrected chi connectivity index (χ4v) is 1.55. The molecule has 0 heterocycles. The summed E-state index contributed by atoms with van der Waals surface area (Å²) in [7, 11) is 0. The molecule has 0 bridgehead atoms. The summed E-state index contributed by atoms with van der Waals surface area (Å²) in [6.07, 6.45) is 2.70. The highest BCUT2D eigenvalue weighted by Gasteiger charge is 2.26. The lowest BCUT2D eigenvalue weighted by molar-refractivity contribution is 0.219. The maximum Gasteiger partial charge on any atom is 0.133 e. The van der Waals surface area contributed by atoms with Gasteiger partial charge in [0.05, 0.1) is 6.07 Å². The van der Waals surface area contributed by atoms with Gasteiger partial charge in [-0.15, -0.1) is 11.6 Å². The van der Waals surface area contributed by atoms with Gasteiger partial charge in [0.25, 0.3) is 0 Å². The van der Waals surface area contributed by atoms with Crippen LogP contribution in [0.4, 0.5) is 0 Å². The molecule has 1 unspecified atom stereocenters. The van der Waals surface area contributed by atoms with Gasteiger partial charge in [-0.3, -0.25) is 4.90 Å². The molecule has 0 aromatic carbocycles. The standard InChI is InChI=1S/C10H17ClN2/c1-8(2)13(6-9-3-4-9)7-10(11)5-12/h8-10H,3-4,6-7H2,1-2H3. The van der Waals surface area contributed by atoms with Crippen molar-refractivity contribution >= 4 is 11.6 Å². The van der Waals surface area contributed by atoms with Gasteiger partial charge in [0, 0.05) is 19.1 Å². The second-order valence-corrected chi connectivity index (χ2v) is 4.61. The lowest BCUT2D eigenvalue weighted by atomic mass is 10.2. The van der Waals surface area contributed by atoms with Gasteiger partial charge in [-0.25, -0.2) is 0 Å². The van der Waals surface area contributed by atoms with E-state index in [2.05, 4.69) is 24.8 Å². The third kappa shape index (κ3) is 3.97. The van der Waals surface area contributed by atoms with E-state index in [1.54, 1.807) is 0 Å². The Balaban J connectivity index is 2.32. The van der Waals surface area contributed by atoms with E-state index in [0.717, 1.165) is 12.5 Å². The van der Waals surface area contributed by atoms with E-state index in [0.29, 0.717) is 12.6 Å². The minimum Gasteiger partial charge on any atom is -0.298 e. The van der Waals surface area contributed by atoms with Crippen molar-refractivity contribution in [3.8, 4) is 6.07 Å². The second-order valence-electron chi connectivity index (χ2n) is 4.09. The molecule has 0 aliphatic heterocycles. The third-order valence-corrected chi connectivity index (χ3v) is 2.69. The number of nitrogens with zero attached hydrogens (tertiary/aromatic N) is 2. The van der Waals surface area contributed by atoms with Gasteiger partial charge in [0.2, 0.25) is 0 Å². The molecular weight excluding hydrogens is 184 g/mol. The first-order chi connectivity index (χ1) is 6.13. The molecule has 1 fully saturated rings. The lowest BCUT2D eigenvalue weighted by Gasteiger charge is -2.26. The fraction of sp³-hybridized carbons (Fsp3) is 0.900. The van der Waals surface area contributed by atoms with Crippen LogP contribution in [0.5, 0.6) is 0 Å². The molecule has 1 atom stereocenters. The Morgan fingerprint density at radius 3 is 2.54 bits per heavy atom. The Labute approximate surface area is 85.5 Å². The zero-order valence-corrected chi connectivity index (χ0v) is 9.09. The predicted molar refractivity (Wildman–Crippen MR) is 54.7 cm³/mol. The molecule has 1 aliphatic carbocycles. The van der Waals surface area contributed by atoms with E-state index in [1.165, 1.54) is 12.8 Å². The number of halogens is 1. The highest BCUT2D eigenvalue weighted by Crippen LogP contribution is 2.30. The Hall–Kier alpha value is -0.260. The average molecular weight is 201 g/mol. The second kappa shape index (κ2) is 4.83. The summed E-state index contributed by atoms with van der Waals surface area (Å²) in [6.45, 7) is 6.13. The van der Waals surface area contributed by atoms with Gasteiger partial charge in [0.1, 0.15) is 5.38 Å². The quantitative estimate of drug-likeness (QED) is 0.637. The first-order valence-electron chi connectivity index (χ1n) is 4.91. The zero-order valence-electron chi connectivity index (χ0n) is 8.33. The van der Waals surface area contributed by atoms with Crippen molar-refractivity contribution in [1.29, 1.82) is 5.26 Å². The van der Waals surface area contributed by atoms with Crippen LogP contribution in [0.1, 0.15) is 26.7 Å². The highest BCUT2D eigenvalue weighted by atomic mass is 35.5. The number of hydrogen-bond donors (Lipinski definition) is 0. The van der Waals surface area contributed by atoms with Crippen LogP contribution in [0, 0.1) is 17.2 Å². The van der Waals surface area contributed by atoms with Crippen molar-refractivity contribution in [3.05, 3.63) is 0 Å². The molecule has 0 spiro atoms. The topological polar surface area (TPSA) is 27.0 Å². The molecule has 1 aliphatic rings. The highest BCUT2D eigenvalue weighted by molar-refractivity contribution is 6.22. The molecule has 0 saturated heterocycles. The van der Waals surface area contributed by atoms with Crippen LogP contribution < -0.4 is 0 Å². The van der Waals surface area contributed by atoms with Crippen LogP contribution in [-0.2, 0) is 0 Å². The summed E-state index contributed by atoms with van der Waals surface area (Å²) in [6, 6.07) is 2.56. The molecule has 2 nitrogen and oxygen atoms in total. The van der Waals surface area contributed by atoms with Gasteiger partial charge in [-0.05, 0) is 32.6 Å². The van der Waals surface area contributed by atoms with Crippen LogP contribution in [-0.4, -0.2) is 29.4 Å². The molecule has 3 heteroatoms. The van der Waals surface area contributed by atoms with Crippen LogP contribution >= 0.6 is 11.6 Å². The van der Waals surface area contributed by atoms with Crippen LogP contribution in [0.3, 0.4) is 0 Å². The number of hydrogen-bond acceptors (Lipinski definition) is 2. The minimum atomic E-state index is -0.360. The largest absolute Gasteiger partial charge is 0.298 e. The van der Waals surface area contributed by atoms with Gasteiger partial charge >= 0.3 is 0 Å². The Kier molecular flexibility index (Phi) is 4.02. The maximum atomic E-state index is 8.61. The van der Waals surface area contributed by atoms with E-state index >= 15 is 0 Å². The van der Waals surface area contributed by atoms with Crippen molar-refractivity contribution in [3.63, 3.8) is 0 Å². The predicted octanol–water partition coefficient (Wildman–Crippen LogP) is 2.24. The van der Waals surface area contributed by atoms with Crippen molar-refractivity contribution in [2.45, 2.75) is 38.1 Å². The smallest absolute Gasteiger partial charge is 0.133 e. The number of alkyl halides is 1. The number of nitriles is 1. The maximum absolute atomic E-state index is 8.61. The summed E-state index contributed by atoms with van der Waals surface area (Å²) < 4.78 is 0. The van der Waals surface area contributed by atoms with E-state index in [1.807, 2.05) is 0 Å². The molecule has 0 aromatic heterocycles. The monoisotopic (exact) mass is 200 g/mol. The lowest BCUT2D eigenvalue weighted by Crippen LogP contribution is -2.37. The molecular formula is C10H17ClN2. The van der Waals surface area contributed by atoms with Crippen LogP contribution in [0.25, 0.3) is 0 Å². The van der Waals surface area contributed by atoms with Gasteiger partial charge in [-0.1, -0.05) is 0 Å². The van der Waals surface area contributed by atoms with Gasteiger partial charge in [0.15, 0.2) is 0 Å². The number of rotatable bonds is 5. The molecule has 0 radical (unpaired) electrons. The van der Waals surface area contributed by atoms with Crippen molar-refractivity contribution in [1.82, 2.24) is 4.90 Å². The molecule has 13 heavy (non-hydrogen) atoms. The Morgan fingerprint density at radius 2 is 2.15 bits per heavy atom. The third-order valence-electron chi connectivity index (χ3n) is 2.45. The Bertz CT molecular complexity index is 194. The molecule has 0 N–H and O–H groups in total. The molecule has 1 saturated carbocycles. The van der Waals surface area contributed by atoms with E-state index < -0.39 is 0 Å². The summed E-state index contributed by atoms with van der Waals surface area (Å²) in [5.41, 5.74) is 0. The summed E-state index contributed by atoms with van der Waals surface area (Å²) in [4.78, 5) is 2.30. The van der Waals surface area contributed by atoms with E-state index in [4.69, 9.17) is 16.9 Å². The molecule has 1 rings (SSSR count). The average Bonchev–Trinajstić information content (AvgIpc) is 2.86. The zero-order chi connectivity index (χ0) is 9.84. The van der Waals surface area contributed by atoms with Crippen molar-refractivity contribution in [2.75, 3.05) is 13.1 Å². The van der Waals surface area contributed by atoms with Gasteiger partial charge < -0.3 is 0 Å². The van der Waals surface area contributed by atoms with E-state index in [-0.39, 0.29) is 5.38 Å². The van der Waals surface area contributed by atoms with E-state index in [9.17, 15) is 0 Å². The van der Waals surface area contributed by atoms with Crippen LogP contribution in [0.2, 0.25) is 0 Å². The summed E-state index contributed by atoms with van der Waals surface area (Å²) >= 11 is 5.81. The molecule has 0 aromatic rings.